The van der Waals surface area contributed by atoms with Gasteiger partial charge in [0.25, 0.3) is 0 Å². The SMILES string of the molecule is Cc1ncc(CNc2cncc3nnnn23)s1. The second kappa shape index (κ2) is 4.06. The van der Waals surface area contributed by atoms with E-state index in [1.54, 1.807) is 28.2 Å². The molecule has 0 fully saturated rings. The molecule has 7 nitrogen and oxygen atoms in total. The summed E-state index contributed by atoms with van der Waals surface area (Å²) in [6, 6.07) is 0. The number of tetrazole rings is 1. The molecule has 0 aliphatic rings. The second-order valence-corrected chi connectivity index (χ2v) is 4.76. The Hall–Kier alpha value is -2.09. The van der Waals surface area contributed by atoms with Crippen LogP contribution in [0.4, 0.5) is 5.82 Å². The molecule has 0 amide bonds. The number of nitrogens with zero attached hydrogens (tertiary/aromatic N) is 6. The van der Waals surface area contributed by atoms with Crippen molar-refractivity contribution in [3.63, 3.8) is 0 Å². The van der Waals surface area contributed by atoms with E-state index in [4.69, 9.17) is 0 Å². The maximum Gasteiger partial charge on any atom is 0.199 e. The van der Waals surface area contributed by atoms with Crippen LogP contribution in [0.25, 0.3) is 5.65 Å². The molecular weight excluding hydrogens is 238 g/mol. The molecule has 86 valence electrons. The van der Waals surface area contributed by atoms with Crippen LogP contribution in [-0.4, -0.2) is 30.0 Å². The van der Waals surface area contributed by atoms with Crippen molar-refractivity contribution >= 4 is 22.8 Å². The molecule has 0 bridgehead atoms. The highest BCUT2D eigenvalue weighted by Gasteiger charge is 2.04. The second-order valence-electron chi connectivity index (χ2n) is 3.44. The third-order valence-corrected chi connectivity index (χ3v) is 3.13. The van der Waals surface area contributed by atoms with Gasteiger partial charge in [-0.2, -0.15) is 4.52 Å². The Balaban J connectivity index is 1.83. The number of thiazole rings is 1. The summed E-state index contributed by atoms with van der Waals surface area (Å²) in [5, 5.41) is 15.6. The zero-order chi connectivity index (χ0) is 11.7. The van der Waals surface area contributed by atoms with Crippen LogP contribution in [0.1, 0.15) is 9.88 Å². The van der Waals surface area contributed by atoms with E-state index in [0.29, 0.717) is 12.2 Å². The van der Waals surface area contributed by atoms with Gasteiger partial charge in [-0.25, -0.2) is 4.98 Å². The first-order valence-electron chi connectivity index (χ1n) is 5.00. The predicted molar refractivity (Wildman–Crippen MR) is 62.8 cm³/mol. The van der Waals surface area contributed by atoms with E-state index >= 15 is 0 Å². The van der Waals surface area contributed by atoms with E-state index in [0.717, 1.165) is 15.7 Å². The molecule has 0 aliphatic heterocycles. The molecule has 0 aliphatic carbocycles. The lowest BCUT2D eigenvalue weighted by molar-refractivity contribution is 0.820. The van der Waals surface area contributed by atoms with Gasteiger partial charge >= 0.3 is 0 Å². The van der Waals surface area contributed by atoms with Crippen molar-refractivity contribution in [3.05, 3.63) is 28.5 Å². The highest BCUT2D eigenvalue weighted by atomic mass is 32.1. The standard InChI is InChI=1S/C9H9N7S/c1-6-11-2-7(17-6)3-12-8-4-10-5-9-13-14-15-16(8)9/h2,4-5,12H,3H2,1H3. The zero-order valence-electron chi connectivity index (χ0n) is 9.03. The average Bonchev–Trinajstić information content (AvgIpc) is 2.94. The van der Waals surface area contributed by atoms with Crippen LogP contribution < -0.4 is 5.32 Å². The Morgan fingerprint density at radius 1 is 1.35 bits per heavy atom. The van der Waals surface area contributed by atoms with Crippen LogP contribution in [0.2, 0.25) is 0 Å². The third-order valence-electron chi connectivity index (χ3n) is 2.22. The normalized spacial score (nSPS) is 10.9. The number of rotatable bonds is 3. The van der Waals surface area contributed by atoms with E-state index < -0.39 is 0 Å². The predicted octanol–water partition coefficient (Wildman–Crippen LogP) is 0.896. The Morgan fingerprint density at radius 3 is 3.12 bits per heavy atom. The molecule has 0 atom stereocenters. The van der Waals surface area contributed by atoms with Crippen molar-refractivity contribution in [2.45, 2.75) is 13.5 Å². The fraction of sp³-hybridized carbons (Fsp3) is 0.222. The lowest BCUT2D eigenvalue weighted by Crippen LogP contribution is -2.04. The summed E-state index contributed by atoms with van der Waals surface area (Å²) in [6.07, 6.45) is 5.17. The monoisotopic (exact) mass is 247 g/mol. The smallest absolute Gasteiger partial charge is 0.199 e. The van der Waals surface area contributed by atoms with Crippen LogP contribution in [-0.2, 0) is 6.54 Å². The van der Waals surface area contributed by atoms with Gasteiger partial charge in [0.1, 0.15) is 0 Å². The van der Waals surface area contributed by atoms with Gasteiger partial charge in [-0.3, -0.25) is 4.98 Å². The summed E-state index contributed by atoms with van der Waals surface area (Å²) in [7, 11) is 0. The molecule has 0 unspecified atom stereocenters. The number of aryl methyl sites for hydroxylation is 1. The fourth-order valence-corrected chi connectivity index (χ4v) is 2.20. The van der Waals surface area contributed by atoms with Crippen LogP contribution in [0.3, 0.4) is 0 Å². The summed E-state index contributed by atoms with van der Waals surface area (Å²) in [4.78, 5) is 9.42. The van der Waals surface area contributed by atoms with E-state index in [-0.39, 0.29) is 0 Å². The van der Waals surface area contributed by atoms with Gasteiger partial charge in [-0.1, -0.05) is 0 Å². The first-order chi connectivity index (χ1) is 8.33. The van der Waals surface area contributed by atoms with Gasteiger partial charge in [-0.05, 0) is 17.4 Å². The number of fused-ring (bicyclic) bond motifs is 1. The van der Waals surface area contributed by atoms with Crippen LogP contribution in [0, 0.1) is 6.92 Å². The minimum Gasteiger partial charge on any atom is -0.364 e. The Bertz CT molecular complexity index is 643. The minimum atomic E-state index is 0.621. The molecule has 3 rings (SSSR count). The molecular formula is C9H9N7S. The van der Waals surface area contributed by atoms with Crippen LogP contribution in [0.15, 0.2) is 18.6 Å². The molecule has 0 saturated heterocycles. The molecule has 0 radical (unpaired) electrons. The first-order valence-corrected chi connectivity index (χ1v) is 5.82. The number of anilines is 1. The van der Waals surface area contributed by atoms with Crippen LogP contribution in [0.5, 0.6) is 0 Å². The molecule has 3 aromatic rings. The van der Waals surface area contributed by atoms with E-state index in [9.17, 15) is 0 Å². The van der Waals surface area contributed by atoms with Crippen molar-refractivity contribution in [2.24, 2.45) is 0 Å². The number of nitrogens with one attached hydrogen (secondary N) is 1. The molecule has 3 aromatic heterocycles. The quantitative estimate of drug-likeness (QED) is 0.740. The Labute approximate surface area is 101 Å². The van der Waals surface area contributed by atoms with Gasteiger partial charge in [0.15, 0.2) is 11.5 Å². The lowest BCUT2D eigenvalue weighted by Gasteiger charge is -2.04. The highest BCUT2D eigenvalue weighted by Crippen LogP contribution is 2.14. The largest absolute Gasteiger partial charge is 0.364 e. The maximum absolute atomic E-state index is 4.20. The first kappa shape index (κ1) is 10.1. The number of aromatic nitrogens is 6. The minimum absolute atomic E-state index is 0.621. The average molecular weight is 247 g/mol. The van der Waals surface area contributed by atoms with Gasteiger partial charge in [0.05, 0.1) is 23.9 Å². The molecule has 0 saturated carbocycles. The van der Waals surface area contributed by atoms with Crippen LogP contribution >= 0.6 is 11.3 Å². The molecule has 8 heteroatoms. The van der Waals surface area contributed by atoms with Crippen molar-refractivity contribution in [2.75, 3.05) is 5.32 Å². The van der Waals surface area contributed by atoms with Gasteiger partial charge in [-0.15, -0.1) is 16.4 Å². The highest BCUT2D eigenvalue weighted by molar-refractivity contribution is 7.11. The molecule has 17 heavy (non-hydrogen) atoms. The molecule has 1 N–H and O–H groups in total. The molecule has 0 aromatic carbocycles. The zero-order valence-corrected chi connectivity index (χ0v) is 9.85. The van der Waals surface area contributed by atoms with Crippen molar-refractivity contribution in [1.82, 2.24) is 30.0 Å². The maximum atomic E-state index is 4.20. The van der Waals surface area contributed by atoms with E-state index in [2.05, 4.69) is 30.8 Å². The van der Waals surface area contributed by atoms with Gasteiger partial charge < -0.3 is 5.32 Å². The Kier molecular flexibility index (Phi) is 2.41. The summed E-state index contributed by atoms with van der Waals surface area (Å²) in [5.74, 6) is 0.763. The molecule has 3 heterocycles. The molecule has 0 spiro atoms. The third kappa shape index (κ3) is 1.94. The number of hydrogen-bond acceptors (Lipinski definition) is 7. The fourth-order valence-electron chi connectivity index (χ4n) is 1.46. The Morgan fingerprint density at radius 2 is 2.29 bits per heavy atom. The van der Waals surface area contributed by atoms with E-state index in [1.165, 1.54) is 0 Å². The summed E-state index contributed by atoms with van der Waals surface area (Å²) >= 11 is 1.66. The topological polar surface area (TPSA) is 80.9 Å². The van der Waals surface area contributed by atoms with Crippen molar-refractivity contribution in [3.8, 4) is 0 Å². The number of hydrogen-bond donors (Lipinski definition) is 1. The lowest BCUT2D eigenvalue weighted by atomic mass is 10.5. The van der Waals surface area contributed by atoms with Crippen molar-refractivity contribution in [1.29, 1.82) is 0 Å². The van der Waals surface area contributed by atoms with Gasteiger partial charge in [0.2, 0.25) is 0 Å². The van der Waals surface area contributed by atoms with E-state index in [1.807, 2.05) is 13.1 Å². The van der Waals surface area contributed by atoms with Crippen molar-refractivity contribution < 1.29 is 0 Å². The summed E-state index contributed by atoms with van der Waals surface area (Å²) in [5.41, 5.74) is 0.621. The van der Waals surface area contributed by atoms with Gasteiger partial charge in [0, 0.05) is 11.1 Å². The summed E-state index contributed by atoms with van der Waals surface area (Å²) < 4.78 is 1.61. The summed E-state index contributed by atoms with van der Waals surface area (Å²) in [6.45, 7) is 2.67.